The van der Waals surface area contributed by atoms with Gasteiger partial charge in [-0.25, -0.2) is 0 Å². The minimum absolute atomic E-state index is 0.0848. The lowest BCUT2D eigenvalue weighted by Crippen LogP contribution is -2.33. The molecule has 0 radical (unpaired) electrons. The molecule has 0 aliphatic heterocycles. The molecular formula is C14H19N5OS. The Kier molecular flexibility index (Phi) is 4.85. The van der Waals surface area contributed by atoms with Crippen molar-refractivity contribution in [3.05, 3.63) is 29.2 Å². The summed E-state index contributed by atoms with van der Waals surface area (Å²) in [7, 11) is 0. The third-order valence-electron chi connectivity index (χ3n) is 3.05. The molecule has 2 aromatic rings. The molecule has 2 rings (SSSR count). The maximum atomic E-state index is 12.2. The maximum absolute atomic E-state index is 12.2. The van der Waals surface area contributed by atoms with Crippen LogP contribution in [-0.4, -0.2) is 32.2 Å². The Morgan fingerprint density at radius 3 is 2.81 bits per heavy atom. The van der Waals surface area contributed by atoms with Crippen LogP contribution in [0, 0.1) is 10.7 Å². The molecule has 1 unspecified atom stereocenters. The van der Waals surface area contributed by atoms with Crippen LogP contribution in [0.15, 0.2) is 24.4 Å². The maximum Gasteiger partial charge on any atom is 0.242 e. The predicted molar refractivity (Wildman–Crippen MR) is 83.2 cm³/mol. The van der Waals surface area contributed by atoms with E-state index in [-0.39, 0.29) is 5.91 Å². The highest BCUT2D eigenvalue weighted by Crippen LogP contribution is 2.19. The molecule has 1 amide bonds. The average molecular weight is 305 g/mol. The Labute approximate surface area is 128 Å². The second-order valence-electron chi connectivity index (χ2n) is 5.25. The van der Waals surface area contributed by atoms with Crippen molar-refractivity contribution in [2.75, 3.05) is 6.54 Å². The normalized spacial score (nSPS) is 12.4. The predicted octanol–water partition coefficient (Wildman–Crippen LogP) is 2.34. The molecule has 2 heterocycles. The highest BCUT2D eigenvalue weighted by atomic mass is 32.1. The minimum Gasteiger partial charge on any atom is -0.354 e. The topological polar surface area (TPSA) is 75.6 Å². The van der Waals surface area contributed by atoms with Crippen molar-refractivity contribution in [1.29, 1.82) is 0 Å². The first kappa shape index (κ1) is 15.4. The molecular weight excluding hydrogens is 286 g/mol. The summed E-state index contributed by atoms with van der Waals surface area (Å²) in [6, 6.07) is 5.08. The molecule has 0 fully saturated rings. The summed E-state index contributed by atoms with van der Waals surface area (Å²) in [6.07, 6.45) is 1.68. The van der Waals surface area contributed by atoms with Gasteiger partial charge in [0.15, 0.2) is 10.6 Å². The molecule has 21 heavy (non-hydrogen) atoms. The van der Waals surface area contributed by atoms with Crippen LogP contribution in [0.5, 0.6) is 0 Å². The molecule has 6 nitrogen and oxygen atoms in total. The van der Waals surface area contributed by atoms with Crippen LogP contribution >= 0.6 is 12.2 Å². The number of H-pyrrole nitrogens is 1. The standard InChI is InChI=1S/C14H19N5OS/c1-9(2)8-16-13(20)10(3)19-12(17-18-14(19)21)11-6-4-5-7-15-11/h4-7,9-10H,8H2,1-3H3,(H,16,20)(H,18,21). The molecule has 2 N–H and O–H groups in total. The van der Waals surface area contributed by atoms with Gasteiger partial charge in [-0.1, -0.05) is 19.9 Å². The highest BCUT2D eigenvalue weighted by Gasteiger charge is 2.21. The van der Waals surface area contributed by atoms with Gasteiger partial charge in [0.25, 0.3) is 0 Å². The Morgan fingerprint density at radius 1 is 1.43 bits per heavy atom. The quantitative estimate of drug-likeness (QED) is 0.831. The van der Waals surface area contributed by atoms with Gasteiger partial charge in [-0.2, -0.15) is 5.10 Å². The Morgan fingerprint density at radius 2 is 2.19 bits per heavy atom. The van der Waals surface area contributed by atoms with Crippen molar-refractivity contribution in [1.82, 2.24) is 25.1 Å². The fraction of sp³-hybridized carbons (Fsp3) is 0.429. The van der Waals surface area contributed by atoms with E-state index < -0.39 is 6.04 Å². The molecule has 112 valence electrons. The molecule has 0 saturated carbocycles. The van der Waals surface area contributed by atoms with Gasteiger partial charge in [-0.05, 0) is 37.2 Å². The van der Waals surface area contributed by atoms with Crippen molar-refractivity contribution in [3.8, 4) is 11.5 Å². The lowest BCUT2D eigenvalue weighted by Gasteiger charge is -2.16. The van der Waals surface area contributed by atoms with Crippen molar-refractivity contribution in [3.63, 3.8) is 0 Å². The van der Waals surface area contributed by atoms with Gasteiger partial charge in [-0.15, -0.1) is 0 Å². The zero-order chi connectivity index (χ0) is 15.4. The van der Waals surface area contributed by atoms with Gasteiger partial charge in [0, 0.05) is 12.7 Å². The van der Waals surface area contributed by atoms with Crippen LogP contribution < -0.4 is 5.32 Å². The number of nitrogens with one attached hydrogen (secondary N) is 2. The first-order valence-electron chi connectivity index (χ1n) is 6.86. The lowest BCUT2D eigenvalue weighted by molar-refractivity contribution is -0.124. The monoisotopic (exact) mass is 305 g/mol. The van der Waals surface area contributed by atoms with E-state index in [0.29, 0.717) is 28.8 Å². The van der Waals surface area contributed by atoms with E-state index in [1.807, 2.05) is 32.0 Å². The second kappa shape index (κ2) is 6.62. The van der Waals surface area contributed by atoms with Gasteiger partial charge >= 0.3 is 0 Å². The zero-order valence-electron chi connectivity index (χ0n) is 12.3. The van der Waals surface area contributed by atoms with Crippen LogP contribution in [-0.2, 0) is 4.79 Å². The Hall–Kier alpha value is -2.02. The van der Waals surface area contributed by atoms with Crippen LogP contribution in [0.3, 0.4) is 0 Å². The number of carbonyl (C=O) groups excluding carboxylic acids is 1. The third-order valence-corrected chi connectivity index (χ3v) is 3.34. The van der Waals surface area contributed by atoms with Crippen molar-refractivity contribution in [2.45, 2.75) is 26.8 Å². The molecule has 0 bridgehead atoms. The molecule has 0 aromatic carbocycles. The Balaban J connectivity index is 2.30. The minimum atomic E-state index is -0.452. The van der Waals surface area contributed by atoms with E-state index in [1.54, 1.807) is 17.7 Å². The summed E-state index contributed by atoms with van der Waals surface area (Å²) in [6.45, 7) is 6.53. The van der Waals surface area contributed by atoms with E-state index in [1.165, 1.54) is 0 Å². The summed E-state index contributed by atoms with van der Waals surface area (Å²) < 4.78 is 2.09. The first-order valence-corrected chi connectivity index (χ1v) is 7.27. The van der Waals surface area contributed by atoms with E-state index in [0.717, 1.165) is 0 Å². The molecule has 7 heteroatoms. The van der Waals surface area contributed by atoms with Crippen molar-refractivity contribution >= 4 is 18.1 Å². The number of nitrogens with zero attached hydrogens (tertiary/aromatic N) is 3. The van der Waals surface area contributed by atoms with Crippen LogP contribution in [0.4, 0.5) is 0 Å². The number of hydrogen-bond acceptors (Lipinski definition) is 4. The third kappa shape index (κ3) is 3.55. The molecule has 0 aliphatic rings. The van der Waals surface area contributed by atoms with Crippen molar-refractivity contribution in [2.24, 2.45) is 5.92 Å². The number of pyridine rings is 1. The number of carbonyl (C=O) groups is 1. The number of aromatic amines is 1. The summed E-state index contributed by atoms with van der Waals surface area (Å²) in [5.41, 5.74) is 0.674. The fourth-order valence-corrected chi connectivity index (χ4v) is 2.20. The van der Waals surface area contributed by atoms with Crippen LogP contribution in [0.1, 0.15) is 26.8 Å². The van der Waals surface area contributed by atoms with Gasteiger partial charge in [-0.3, -0.25) is 19.4 Å². The van der Waals surface area contributed by atoms with Gasteiger partial charge in [0.05, 0.1) is 0 Å². The molecule has 0 spiro atoms. The lowest BCUT2D eigenvalue weighted by atomic mass is 10.2. The number of hydrogen-bond donors (Lipinski definition) is 2. The van der Waals surface area contributed by atoms with Crippen LogP contribution in [0.2, 0.25) is 0 Å². The molecule has 0 aliphatic carbocycles. The van der Waals surface area contributed by atoms with E-state index in [4.69, 9.17) is 12.2 Å². The fourth-order valence-electron chi connectivity index (χ4n) is 1.91. The van der Waals surface area contributed by atoms with Gasteiger partial charge in [0.1, 0.15) is 11.7 Å². The number of amides is 1. The zero-order valence-corrected chi connectivity index (χ0v) is 13.1. The van der Waals surface area contributed by atoms with Crippen molar-refractivity contribution < 1.29 is 4.79 Å². The average Bonchev–Trinajstić information content (AvgIpc) is 2.86. The molecule has 2 aromatic heterocycles. The van der Waals surface area contributed by atoms with Crippen LogP contribution in [0.25, 0.3) is 11.5 Å². The summed E-state index contributed by atoms with van der Waals surface area (Å²) in [5, 5.41) is 9.83. The largest absolute Gasteiger partial charge is 0.354 e. The highest BCUT2D eigenvalue weighted by molar-refractivity contribution is 7.71. The second-order valence-corrected chi connectivity index (χ2v) is 5.64. The van der Waals surface area contributed by atoms with E-state index in [2.05, 4.69) is 20.5 Å². The van der Waals surface area contributed by atoms with Gasteiger partial charge < -0.3 is 5.32 Å². The first-order chi connectivity index (χ1) is 10.0. The SMILES string of the molecule is CC(C)CNC(=O)C(C)n1c(-c2ccccn2)n[nH]c1=S. The smallest absolute Gasteiger partial charge is 0.242 e. The number of aromatic nitrogens is 4. The molecule has 1 atom stereocenters. The summed E-state index contributed by atoms with van der Waals surface area (Å²) in [4.78, 5) is 16.5. The Bertz CT molecular complexity index is 662. The summed E-state index contributed by atoms with van der Waals surface area (Å²) >= 11 is 5.24. The molecule has 0 saturated heterocycles. The number of rotatable bonds is 5. The summed E-state index contributed by atoms with van der Waals surface area (Å²) in [5.74, 6) is 0.875. The van der Waals surface area contributed by atoms with Gasteiger partial charge in [0.2, 0.25) is 5.91 Å². The van der Waals surface area contributed by atoms with E-state index in [9.17, 15) is 4.79 Å². The van der Waals surface area contributed by atoms with E-state index >= 15 is 0 Å².